The fraction of sp³-hybridized carbons (Fsp3) is 0.188. The Kier molecular flexibility index (Phi) is 4.45. The van der Waals surface area contributed by atoms with Gasteiger partial charge in [0.15, 0.2) is 5.78 Å². The fourth-order valence-electron chi connectivity index (χ4n) is 1.78. The summed E-state index contributed by atoms with van der Waals surface area (Å²) in [5.74, 6) is -1.78. The molecule has 0 aliphatic heterocycles. The van der Waals surface area contributed by atoms with Crippen LogP contribution in [-0.2, 0) is 0 Å². The molecule has 2 rings (SSSR count). The van der Waals surface area contributed by atoms with Gasteiger partial charge in [0.1, 0.15) is 17.4 Å². The van der Waals surface area contributed by atoms with Gasteiger partial charge in [0.05, 0.1) is 12.2 Å². The van der Waals surface area contributed by atoms with Gasteiger partial charge in [0, 0.05) is 5.56 Å². The number of benzene rings is 2. The van der Waals surface area contributed by atoms with Crippen LogP contribution in [0.1, 0.15) is 29.3 Å². The predicted octanol–water partition coefficient (Wildman–Crippen LogP) is 3.98. The van der Waals surface area contributed by atoms with Crippen LogP contribution >= 0.6 is 0 Å². The van der Waals surface area contributed by atoms with Crippen molar-refractivity contribution in [1.29, 1.82) is 0 Å². The summed E-state index contributed by atoms with van der Waals surface area (Å²) >= 11 is 0. The van der Waals surface area contributed by atoms with Crippen LogP contribution in [0.5, 0.6) is 5.75 Å². The van der Waals surface area contributed by atoms with E-state index < -0.39 is 23.0 Å². The molecule has 0 unspecified atom stereocenters. The topological polar surface area (TPSA) is 26.3 Å². The lowest BCUT2D eigenvalue weighted by atomic mass is 10.0. The van der Waals surface area contributed by atoms with Crippen LogP contribution in [-0.4, -0.2) is 12.4 Å². The van der Waals surface area contributed by atoms with Gasteiger partial charge in [-0.05, 0) is 42.8 Å². The Morgan fingerprint density at radius 1 is 1.05 bits per heavy atom. The van der Waals surface area contributed by atoms with Gasteiger partial charge in [-0.3, -0.25) is 4.79 Å². The molecule has 0 saturated carbocycles. The van der Waals surface area contributed by atoms with Crippen molar-refractivity contribution in [1.82, 2.24) is 0 Å². The molecule has 0 bridgehead atoms. The third-order valence-corrected chi connectivity index (χ3v) is 2.78. The predicted molar refractivity (Wildman–Crippen MR) is 72.0 cm³/mol. The van der Waals surface area contributed by atoms with Crippen molar-refractivity contribution in [2.45, 2.75) is 13.3 Å². The number of carbonyl (C=O) groups is 1. The van der Waals surface area contributed by atoms with Crippen LogP contribution in [0.15, 0.2) is 42.5 Å². The van der Waals surface area contributed by atoms with Crippen LogP contribution in [0.25, 0.3) is 0 Å². The minimum Gasteiger partial charge on any atom is -0.494 e. The smallest absolute Gasteiger partial charge is 0.198 e. The van der Waals surface area contributed by atoms with E-state index in [0.29, 0.717) is 12.4 Å². The van der Waals surface area contributed by atoms with Crippen LogP contribution < -0.4 is 4.74 Å². The van der Waals surface area contributed by atoms with E-state index in [9.17, 15) is 13.6 Å². The van der Waals surface area contributed by atoms with E-state index in [4.69, 9.17) is 4.74 Å². The molecule has 20 heavy (non-hydrogen) atoms. The largest absolute Gasteiger partial charge is 0.494 e. The Balaban J connectivity index is 2.25. The normalized spacial score (nSPS) is 10.3. The Labute approximate surface area is 116 Å². The number of carbonyl (C=O) groups excluding carboxylic acids is 1. The number of hydrogen-bond acceptors (Lipinski definition) is 2. The van der Waals surface area contributed by atoms with E-state index in [2.05, 4.69) is 0 Å². The summed E-state index contributed by atoms with van der Waals surface area (Å²) in [6.45, 7) is 2.56. The third kappa shape index (κ3) is 3.02. The monoisotopic (exact) mass is 276 g/mol. The van der Waals surface area contributed by atoms with Crippen molar-refractivity contribution >= 4 is 5.78 Å². The number of hydrogen-bond donors (Lipinski definition) is 0. The minimum absolute atomic E-state index is 0.220. The van der Waals surface area contributed by atoms with E-state index in [1.54, 1.807) is 12.1 Å². The zero-order chi connectivity index (χ0) is 14.5. The van der Waals surface area contributed by atoms with Gasteiger partial charge in [-0.15, -0.1) is 0 Å². The van der Waals surface area contributed by atoms with Crippen molar-refractivity contribution in [2.75, 3.05) is 6.61 Å². The first-order valence-corrected chi connectivity index (χ1v) is 6.35. The second-order valence-electron chi connectivity index (χ2n) is 4.30. The Bertz CT molecular complexity index is 586. The quantitative estimate of drug-likeness (QED) is 0.772. The fourth-order valence-corrected chi connectivity index (χ4v) is 1.78. The van der Waals surface area contributed by atoms with Gasteiger partial charge < -0.3 is 4.74 Å². The van der Waals surface area contributed by atoms with E-state index in [1.807, 2.05) is 6.92 Å². The summed E-state index contributed by atoms with van der Waals surface area (Å²) in [5.41, 5.74) is -0.312. The maximum Gasteiger partial charge on any atom is 0.198 e. The molecule has 0 N–H and O–H groups in total. The Morgan fingerprint density at radius 3 is 2.20 bits per heavy atom. The number of halogens is 2. The summed E-state index contributed by atoms with van der Waals surface area (Å²) < 4.78 is 32.5. The summed E-state index contributed by atoms with van der Waals surface area (Å²) in [5, 5.41) is 0. The maximum atomic E-state index is 13.5. The highest BCUT2D eigenvalue weighted by atomic mass is 19.1. The molecule has 4 heteroatoms. The average Bonchev–Trinajstić information content (AvgIpc) is 2.45. The Hall–Kier alpha value is -2.23. The molecule has 0 amide bonds. The van der Waals surface area contributed by atoms with Gasteiger partial charge in [-0.2, -0.15) is 0 Å². The minimum atomic E-state index is -0.860. The molecule has 2 aromatic rings. The lowest BCUT2D eigenvalue weighted by Gasteiger charge is -2.07. The third-order valence-electron chi connectivity index (χ3n) is 2.78. The average molecular weight is 276 g/mol. The van der Waals surface area contributed by atoms with Crippen LogP contribution in [0, 0.1) is 11.6 Å². The lowest BCUT2D eigenvalue weighted by molar-refractivity contribution is 0.103. The molecule has 0 heterocycles. The highest BCUT2D eigenvalue weighted by Gasteiger charge is 2.18. The molecular weight excluding hydrogens is 262 g/mol. The summed E-state index contributed by atoms with van der Waals surface area (Å²) in [6.07, 6.45) is 0.876. The molecule has 0 aromatic heterocycles. The highest BCUT2D eigenvalue weighted by molar-refractivity contribution is 6.09. The van der Waals surface area contributed by atoms with E-state index in [1.165, 1.54) is 18.2 Å². The number of rotatable bonds is 5. The molecule has 104 valence electrons. The standard InChI is InChI=1S/C16H14F2O2/c1-2-10-20-12-8-6-11(7-9-12)16(19)15-13(17)4-3-5-14(15)18/h3-9H,2,10H2,1H3. The van der Waals surface area contributed by atoms with Gasteiger partial charge in [0.25, 0.3) is 0 Å². The van der Waals surface area contributed by atoms with E-state index >= 15 is 0 Å². The zero-order valence-electron chi connectivity index (χ0n) is 11.0. The van der Waals surface area contributed by atoms with Crippen molar-refractivity contribution in [3.63, 3.8) is 0 Å². The second kappa shape index (κ2) is 6.28. The molecule has 0 aliphatic carbocycles. The summed E-state index contributed by atoms with van der Waals surface area (Å²) in [4.78, 5) is 12.1. The molecular formula is C16H14F2O2. The Morgan fingerprint density at radius 2 is 1.65 bits per heavy atom. The van der Waals surface area contributed by atoms with Crippen LogP contribution in [0.4, 0.5) is 8.78 Å². The van der Waals surface area contributed by atoms with Crippen LogP contribution in [0.3, 0.4) is 0 Å². The molecule has 0 spiro atoms. The molecule has 0 atom stereocenters. The van der Waals surface area contributed by atoms with Gasteiger partial charge in [0.2, 0.25) is 0 Å². The van der Waals surface area contributed by atoms with E-state index in [0.717, 1.165) is 18.6 Å². The van der Waals surface area contributed by atoms with Gasteiger partial charge >= 0.3 is 0 Å². The molecule has 0 fully saturated rings. The number of ketones is 1. The first-order valence-electron chi connectivity index (χ1n) is 6.35. The SMILES string of the molecule is CCCOc1ccc(C(=O)c2c(F)cccc2F)cc1. The molecule has 2 aromatic carbocycles. The van der Waals surface area contributed by atoms with Crippen LogP contribution in [0.2, 0.25) is 0 Å². The van der Waals surface area contributed by atoms with Crippen molar-refractivity contribution in [3.8, 4) is 5.75 Å². The first kappa shape index (κ1) is 14.2. The van der Waals surface area contributed by atoms with Gasteiger partial charge in [-0.1, -0.05) is 13.0 Å². The molecule has 0 aliphatic rings. The maximum absolute atomic E-state index is 13.5. The number of ether oxygens (including phenoxy) is 1. The van der Waals surface area contributed by atoms with Crippen molar-refractivity contribution < 1.29 is 18.3 Å². The lowest BCUT2D eigenvalue weighted by Crippen LogP contribution is -2.07. The van der Waals surface area contributed by atoms with E-state index in [-0.39, 0.29) is 5.56 Å². The van der Waals surface area contributed by atoms with Crippen molar-refractivity contribution in [3.05, 3.63) is 65.2 Å². The molecule has 2 nitrogen and oxygen atoms in total. The molecule has 0 saturated heterocycles. The molecule has 0 radical (unpaired) electrons. The first-order chi connectivity index (χ1) is 9.63. The van der Waals surface area contributed by atoms with Gasteiger partial charge in [-0.25, -0.2) is 8.78 Å². The zero-order valence-corrected chi connectivity index (χ0v) is 11.0. The van der Waals surface area contributed by atoms with Crippen molar-refractivity contribution in [2.24, 2.45) is 0 Å². The summed E-state index contributed by atoms with van der Waals surface area (Å²) in [6, 6.07) is 9.58. The highest BCUT2D eigenvalue weighted by Crippen LogP contribution is 2.19. The second-order valence-corrected chi connectivity index (χ2v) is 4.30. The summed E-state index contributed by atoms with van der Waals surface area (Å²) in [7, 11) is 0.